The Morgan fingerprint density at radius 3 is 2.62 bits per heavy atom. The first kappa shape index (κ1) is 20.4. The Balaban J connectivity index is 2.18. The molecule has 2 aromatic rings. The van der Waals surface area contributed by atoms with Crippen molar-refractivity contribution >= 4 is 49.8 Å². The average Bonchev–Trinajstić information content (AvgIpc) is 3.01. The number of rotatable bonds is 8. The molecule has 1 aromatic heterocycles. The Morgan fingerprint density at radius 1 is 1.38 bits per heavy atom. The third-order valence-corrected chi connectivity index (χ3v) is 6.55. The topological polar surface area (TPSA) is 92.3 Å². The van der Waals surface area contributed by atoms with Gasteiger partial charge in [-0.3, -0.25) is 14.4 Å². The molecule has 0 saturated heterocycles. The fourth-order valence-electron chi connectivity index (χ4n) is 2.16. The van der Waals surface area contributed by atoms with Crippen LogP contribution in [0.2, 0.25) is 0 Å². The van der Waals surface area contributed by atoms with Gasteiger partial charge in [0, 0.05) is 5.75 Å². The number of anilines is 2. The number of amides is 1. The first-order valence-corrected chi connectivity index (χ1v) is 11.3. The van der Waals surface area contributed by atoms with Crippen LogP contribution in [0, 0.1) is 6.92 Å². The normalized spacial score (nSPS) is 12.4. The van der Waals surface area contributed by atoms with Gasteiger partial charge >= 0.3 is 0 Å². The third kappa shape index (κ3) is 5.29. The van der Waals surface area contributed by atoms with Crippen molar-refractivity contribution in [3.8, 4) is 0 Å². The Bertz CT molecular complexity index is 878. The SMILES string of the molecule is C=CCSc1nnc(NC(=O)[C@@H](C)N(c2ccc(C)cc2)S(C)(=O)=O)s1. The maximum absolute atomic E-state index is 12.6. The van der Waals surface area contributed by atoms with Gasteiger partial charge in [0.2, 0.25) is 21.1 Å². The molecule has 2 rings (SSSR count). The molecule has 0 aliphatic heterocycles. The van der Waals surface area contributed by atoms with Gasteiger partial charge in [-0.25, -0.2) is 8.42 Å². The van der Waals surface area contributed by atoms with Gasteiger partial charge in [-0.1, -0.05) is 46.9 Å². The first-order chi connectivity index (χ1) is 12.2. The summed E-state index contributed by atoms with van der Waals surface area (Å²) in [6, 6.07) is 6.00. The highest BCUT2D eigenvalue weighted by molar-refractivity contribution is 8.01. The van der Waals surface area contributed by atoms with Crippen LogP contribution < -0.4 is 9.62 Å². The van der Waals surface area contributed by atoms with Gasteiger partial charge in [0.1, 0.15) is 6.04 Å². The van der Waals surface area contributed by atoms with Crippen molar-refractivity contribution in [2.75, 3.05) is 21.6 Å². The molecule has 0 radical (unpaired) electrons. The second-order valence-electron chi connectivity index (χ2n) is 5.53. The Kier molecular flexibility index (Phi) is 6.79. The van der Waals surface area contributed by atoms with Crippen LogP contribution in [0.3, 0.4) is 0 Å². The van der Waals surface area contributed by atoms with E-state index in [9.17, 15) is 13.2 Å². The van der Waals surface area contributed by atoms with Crippen LogP contribution in [-0.2, 0) is 14.8 Å². The molecule has 26 heavy (non-hydrogen) atoms. The van der Waals surface area contributed by atoms with E-state index in [0.717, 1.165) is 16.1 Å². The number of carbonyl (C=O) groups is 1. The number of benzene rings is 1. The van der Waals surface area contributed by atoms with Gasteiger partial charge in [-0.2, -0.15) is 0 Å². The summed E-state index contributed by atoms with van der Waals surface area (Å²) in [6.45, 7) is 7.07. The fraction of sp³-hybridized carbons (Fsp3) is 0.312. The van der Waals surface area contributed by atoms with Crippen LogP contribution in [0.5, 0.6) is 0 Å². The number of sulfonamides is 1. The summed E-state index contributed by atoms with van der Waals surface area (Å²) >= 11 is 2.68. The zero-order valence-corrected chi connectivity index (χ0v) is 17.1. The maximum Gasteiger partial charge on any atom is 0.249 e. The van der Waals surface area contributed by atoms with E-state index in [2.05, 4.69) is 22.1 Å². The van der Waals surface area contributed by atoms with E-state index >= 15 is 0 Å². The van der Waals surface area contributed by atoms with Crippen molar-refractivity contribution in [3.05, 3.63) is 42.5 Å². The number of hydrogen-bond acceptors (Lipinski definition) is 7. The molecule has 0 aliphatic rings. The van der Waals surface area contributed by atoms with Crippen LogP contribution >= 0.6 is 23.1 Å². The largest absolute Gasteiger partial charge is 0.299 e. The molecule has 1 atom stereocenters. The monoisotopic (exact) mass is 412 g/mol. The lowest BCUT2D eigenvalue weighted by molar-refractivity contribution is -0.116. The lowest BCUT2D eigenvalue weighted by Crippen LogP contribution is -2.45. The molecular weight excluding hydrogens is 392 g/mol. The summed E-state index contributed by atoms with van der Waals surface area (Å²) in [5.41, 5.74) is 1.43. The predicted octanol–water partition coefficient (Wildman–Crippen LogP) is 2.92. The number of hydrogen-bond donors (Lipinski definition) is 1. The zero-order valence-electron chi connectivity index (χ0n) is 14.7. The van der Waals surface area contributed by atoms with Crippen LogP contribution in [0.4, 0.5) is 10.8 Å². The number of nitrogens with zero attached hydrogens (tertiary/aromatic N) is 3. The Morgan fingerprint density at radius 2 is 2.04 bits per heavy atom. The molecule has 1 aromatic carbocycles. The molecule has 140 valence electrons. The minimum atomic E-state index is -3.65. The van der Waals surface area contributed by atoms with Gasteiger partial charge in [0.25, 0.3) is 0 Å². The molecule has 0 saturated carbocycles. The minimum Gasteiger partial charge on any atom is -0.299 e. The van der Waals surface area contributed by atoms with E-state index in [4.69, 9.17) is 0 Å². The number of nitrogens with one attached hydrogen (secondary N) is 1. The van der Waals surface area contributed by atoms with Gasteiger partial charge in [-0.05, 0) is 26.0 Å². The van der Waals surface area contributed by atoms with Gasteiger partial charge in [0.15, 0.2) is 4.34 Å². The van der Waals surface area contributed by atoms with Crippen molar-refractivity contribution in [2.24, 2.45) is 0 Å². The van der Waals surface area contributed by atoms with E-state index in [-0.39, 0.29) is 0 Å². The van der Waals surface area contributed by atoms with Crippen LogP contribution in [-0.4, -0.2) is 42.6 Å². The molecule has 7 nitrogen and oxygen atoms in total. The van der Waals surface area contributed by atoms with Crippen molar-refractivity contribution in [3.63, 3.8) is 0 Å². The smallest absolute Gasteiger partial charge is 0.249 e. The number of aromatic nitrogens is 2. The van der Waals surface area contributed by atoms with E-state index in [1.165, 1.54) is 30.0 Å². The van der Waals surface area contributed by atoms with Gasteiger partial charge in [-0.15, -0.1) is 16.8 Å². The molecule has 0 spiro atoms. The molecule has 10 heteroatoms. The second-order valence-corrected chi connectivity index (χ2v) is 9.64. The lowest BCUT2D eigenvalue weighted by atomic mass is 10.2. The highest BCUT2D eigenvalue weighted by Gasteiger charge is 2.29. The summed E-state index contributed by atoms with van der Waals surface area (Å²) in [5.74, 6) is 0.210. The third-order valence-electron chi connectivity index (χ3n) is 3.34. The maximum atomic E-state index is 12.6. The minimum absolute atomic E-state index is 0.325. The van der Waals surface area contributed by atoms with Crippen molar-refractivity contribution in [2.45, 2.75) is 24.2 Å². The number of carbonyl (C=O) groups excluding carboxylic acids is 1. The van der Waals surface area contributed by atoms with Crippen LogP contribution in [0.1, 0.15) is 12.5 Å². The Labute approximate surface area is 161 Å². The zero-order chi connectivity index (χ0) is 19.3. The highest BCUT2D eigenvalue weighted by Crippen LogP contribution is 2.26. The average molecular weight is 413 g/mol. The molecule has 0 aliphatic carbocycles. The summed E-state index contributed by atoms with van der Waals surface area (Å²) in [6.07, 6.45) is 2.82. The van der Waals surface area contributed by atoms with Crippen molar-refractivity contribution in [1.82, 2.24) is 10.2 Å². The van der Waals surface area contributed by atoms with Crippen LogP contribution in [0.15, 0.2) is 41.3 Å². The molecule has 1 N–H and O–H groups in total. The van der Waals surface area contributed by atoms with E-state index in [1.54, 1.807) is 30.3 Å². The summed E-state index contributed by atoms with van der Waals surface area (Å²) in [5, 5.41) is 10.8. The molecule has 0 bridgehead atoms. The van der Waals surface area contributed by atoms with Crippen molar-refractivity contribution < 1.29 is 13.2 Å². The van der Waals surface area contributed by atoms with Crippen molar-refractivity contribution in [1.29, 1.82) is 0 Å². The fourth-order valence-corrected chi connectivity index (χ4v) is 4.85. The summed E-state index contributed by atoms with van der Waals surface area (Å²) in [4.78, 5) is 12.6. The highest BCUT2D eigenvalue weighted by atomic mass is 32.2. The molecule has 0 fully saturated rings. The van der Waals surface area contributed by atoms with E-state index in [0.29, 0.717) is 20.9 Å². The quantitative estimate of drug-likeness (QED) is 0.407. The van der Waals surface area contributed by atoms with E-state index < -0.39 is 22.0 Å². The second kappa shape index (κ2) is 8.65. The summed E-state index contributed by atoms with van der Waals surface area (Å²) < 4.78 is 26.3. The summed E-state index contributed by atoms with van der Waals surface area (Å²) in [7, 11) is -3.65. The number of thioether (sulfide) groups is 1. The van der Waals surface area contributed by atoms with Gasteiger partial charge < -0.3 is 0 Å². The van der Waals surface area contributed by atoms with Gasteiger partial charge in [0.05, 0.1) is 11.9 Å². The van der Waals surface area contributed by atoms with Crippen LogP contribution in [0.25, 0.3) is 0 Å². The molecule has 1 amide bonds. The predicted molar refractivity (Wildman–Crippen MR) is 107 cm³/mol. The molecule has 1 heterocycles. The molecular formula is C16H20N4O3S3. The lowest BCUT2D eigenvalue weighted by Gasteiger charge is -2.27. The first-order valence-electron chi connectivity index (χ1n) is 7.66. The standard InChI is InChI=1S/C16H20N4O3S3/c1-5-10-24-16-19-18-15(25-16)17-14(21)12(3)20(26(4,22)23)13-8-6-11(2)7-9-13/h5-9,12H,1,10H2,2-4H3,(H,17,18,21)/t12-/m1/s1. The number of aryl methyl sites for hydroxylation is 1. The van der Waals surface area contributed by atoms with E-state index in [1.807, 2.05) is 6.92 Å². The Hall–Kier alpha value is -1.91. The molecule has 0 unspecified atom stereocenters.